The van der Waals surface area contributed by atoms with Gasteiger partial charge in [0.25, 0.3) is 0 Å². The maximum Gasteiger partial charge on any atom is 0.394 e. The second-order valence-corrected chi connectivity index (χ2v) is 8.40. The molecule has 0 fully saturated rings. The van der Waals surface area contributed by atoms with Gasteiger partial charge in [0.2, 0.25) is 6.35 Å². The Morgan fingerprint density at radius 3 is 2.71 bits per heavy atom. The molecular weight excluding hydrogens is 504 g/mol. The number of urea groups is 1. The SMILES string of the molecule is Cc1ccc(CN2C(C=O)=C(N(C)C(=O)NCCO)NC2OCCOc2cccc(OC(C)(F)F)c2)cn1. The number of carbonyl (C=O) groups excluding carboxylic acids is 2. The van der Waals surface area contributed by atoms with E-state index >= 15 is 0 Å². The number of aliphatic hydroxyl groups excluding tert-OH is 1. The van der Waals surface area contributed by atoms with Crippen molar-refractivity contribution >= 4 is 12.3 Å². The van der Waals surface area contributed by atoms with Crippen LogP contribution in [0.3, 0.4) is 0 Å². The lowest BCUT2D eigenvalue weighted by atomic mass is 10.2. The number of nitrogens with one attached hydrogen (secondary N) is 2. The first-order chi connectivity index (χ1) is 18.1. The summed E-state index contributed by atoms with van der Waals surface area (Å²) in [5.74, 6) is 0.481. The molecule has 1 atom stereocenters. The summed E-state index contributed by atoms with van der Waals surface area (Å²) < 4.78 is 42.4. The van der Waals surface area contributed by atoms with Gasteiger partial charge in [-0.2, -0.15) is 8.78 Å². The molecule has 1 aromatic heterocycles. The number of allylic oxidation sites excluding steroid dienone is 1. The number of aryl methyl sites for hydroxylation is 1. The molecule has 0 saturated carbocycles. The molecule has 0 spiro atoms. The number of hydrogen-bond donors (Lipinski definition) is 3. The minimum atomic E-state index is -3.32. The van der Waals surface area contributed by atoms with Gasteiger partial charge in [0, 0.05) is 45.0 Å². The Morgan fingerprint density at radius 2 is 2.05 bits per heavy atom. The summed E-state index contributed by atoms with van der Waals surface area (Å²) in [6, 6.07) is 9.03. The number of amides is 2. The van der Waals surface area contributed by atoms with Crippen LogP contribution in [0, 0.1) is 6.92 Å². The van der Waals surface area contributed by atoms with E-state index < -0.39 is 18.5 Å². The third-order valence-corrected chi connectivity index (χ3v) is 5.29. The minimum absolute atomic E-state index is 0.0433. The van der Waals surface area contributed by atoms with Crippen LogP contribution in [0.2, 0.25) is 0 Å². The van der Waals surface area contributed by atoms with Gasteiger partial charge in [-0.15, -0.1) is 0 Å². The van der Waals surface area contributed by atoms with Crippen molar-refractivity contribution in [3.05, 3.63) is 65.4 Å². The summed E-state index contributed by atoms with van der Waals surface area (Å²) in [4.78, 5) is 31.7. The van der Waals surface area contributed by atoms with Crippen molar-refractivity contribution in [3.8, 4) is 11.5 Å². The molecule has 1 aliphatic rings. The van der Waals surface area contributed by atoms with Gasteiger partial charge in [-0.3, -0.25) is 14.7 Å². The molecule has 13 heteroatoms. The molecule has 0 bridgehead atoms. The zero-order chi connectivity index (χ0) is 27.7. The van der Waals surface area contributed by atoms with Gasteiger partial charge in [0.05, 0.1) is 13.2 Å². The first-order valence-electron chi connectivity index (χ1n) is 11.8. The van der Waals surface area contributed by atoms with Crippen LogP contribution < -0.4 is 20.1 Å². The van der Waals surface area contributed by atoms with E-state index in [9.17, 15) is 18.4 Å². The molecule has 3 N–H and O–H groups in total. The van der Waals surface area contributed by atoms with Crippen molar-refractivity contribution in [2.45, 2.75) is 32.9 Å². The van der Waals surface area contributed by atoms with E-state index in [1.165, 1.54) is 30.1 Å². The quantitative estimate of drug-likeness (QED) is 0.261. The average Bonchev–Trinajstić information content (AvgIpc) is 3.22. The van der Waals surface area contributed by atoms with Crippen LogP contribution in [0.4, 0.5) is 13.6 Å². The Kier molecular flexibility index (Phi) is 9.79. The highest BCUT2D eigenvalue weighted by Gasteiger charge is 2.35. The fourth-order valence-corrected chi connectivity index (χ4v) is 3.55. The molecule has 1 unspecified atom stereocenters. The maximum atomic E-state index is 13.1. The Labute approximate surface area is 219 Å². The van der Waals surface area contributed by atoms with Crippen LogP contribution in [0.5, 0.6) is 11.5 Å². The van der Waals surface area contributed by atoms with E-state index in [0.29, 0.717) is 19.0 Å². The molecular formula is C25H31F2N5O6. The molecule has 38 heavy (non-hydrogen) atoms. The van der Waals surface area contributed by atoms with Crippen molar-refractivity contribution < 1.29 is 37.7 Å². The Balaban J connectivity index is 1.69. The zero-order valence-electron chi connectivity index (χ0n) is 21.3. The molecule has 2 amide bonds. The fourth-order valence-electron chi connectivity index (χ4n) is 3.55. The van der Waals surface area contributed by atoms with E-state index in [1.807, 2.05) is 19.1 Å². The molecule has 0 saturated heterocycles. The summed E-state index contributed by atoms with van der Waals surface area (Å²) in [6.45, 7) is 2.67. The predicted molar refractivity (Wildman–Crippen MR) is 132 cm³/mol. The number of rotatable bonds is 13. The molecule has 206 valence electrons. The van der Waals surface area contributed by atoms with E-state index in [1.54, 1.807) is 17.2 Å². The van der Waals surface area contributed by atoms with E-state index in [-0.39, 0.29) is 50.2 Å². The van der Waals surface area contributed by atoms with Crippen molar-refractivity contribution in [1.29, 1.82) is 0 Å². The van der Waals surface area contributed by atoms with Gasteiger partial charge in [-0.1, -0.05) is 12.1 Å². The van der Waals surface area contributed by atoms with Crippen molar-refractivity contribution in [3.63, 3.8) is 0 Å². The number of aliphatic hydroxyl groups is 1. The smallest absolute Gasteiger partial charge is 0.394 e. The highest BCUT2D eigenvalue weighted by Crippen LogP contribution is 2.26. The number of aromatic nitrogens is 1. The molecule has 2 heterocycles. The van der Waals surface area contributed by atoms with Gasteiger partial charge in [0.15, 0.2) is 6.29 Å². The normalized spacial score (nSPS) is 15.2. The van der Waals surface area contributed by atoms with E-state index in [2.05, 4.69) is 20.4 Å². The Hall–Kier alpha value is -3.97. The summed E-state index contributed by atoms with van der Waals surface area (Å²) in [7, 11) is 1.48. The molecule has 11 nitrogen and oxygen atoms in total. The number of ether oxygens (including phenoxy) is 3. The van der Waals surface area contributed by atoms with Crippen LogP contribution in [0.1, 0.15) is 18.2 Å². The maximum absolute atomic E-state index is 13.1. The number of benzene rings is 1. The fraction of sp³-hybridized carbons (Fsp3) is 0.400. The first-order valence-corrected chi connectivity index (χ1v) is 11.8. The summed E-state index contributed by atoms with van der Waals surface area (Å²) in [5, 5.41) is 14.6. The number of aldehydes is 1. The lowest BCUT2D eigenvalue weighted by Crippen LogP contribution is -2.44. The standard InChI is InChI=1S/C25H31F2N5O6/c1-17-7-8-18(14-29-17)15-32-21(16-34)22(31(3)23(35)28-9-10-33)30-24(32)37-12-11-36-19-5-4-6-20(13-19)38-25(2,26)27/h4-8,13-14,16,24,30,33H,9-12,15H2,1-3H3,(H,28,35). The molecule has 1 aromatic carbocycles. The Morgan fingerprint density at radius 1 is 1.29 bits per heavy atom. The summed E-state index contributed by atoms with van der Waals surface area (Å²) in [6.07, 6.45) is -1.86. The largest absolute Gasteiger partial charge is 0.491 e. The van der Waals surface area contributed by atoms with Crippen LogP contribution in [0.25, 0.3) is 0 Å². The van der Waals surface area contributed by atoms with Crippen LogP contribution in [0.15, 0.2) is 54.1 Å². The Bertz CT molecular complexity index is 1130. The van der Waals surface area contributed by atoms with Gasteiger partial charge in [-0.25, -0.2) is 4.79 Å². The lowest BCUT2D eigenvalue weighted by Gasteiger charge is -2.27. The molecule has 0 aliphatic carbocycles. The molecule has 0 radical (unpaired) electrons. The summed E-state index contributed by atoms with van der Waals surface area (Å²) in [5.41, 5.74) is 1.82. The van der Waals surface area contributed by atoms with E-state index in [0.717, 1.165) is 11.3 Å². The first kappa shape index (κ1) is 28.6. The van der Waals surface area contributed by atoms with Crippen LogP contribution in [-0.2, 0) is 16.1 Å². The number of hydrogen-bond acceptors (Lipinski definition) is 9. The predicted octanol–water partition coefficient (Wildman–Crippen LogP) is 2.17. The van der Waals surface area contributed by atoms with Gasteiger partial charge < -0.3 is 34.9 Å². The topological polar surface area (TPSA) is 125 Å². The van der Waals surface area contributed by atoms with Gasteiger partial charge in [-0.05, 0) is 30.7 Å². The minimum Gasteiger partial charge on any atom is -0.491 e. The monoisotopic (exact) mass is 535 g/mol. The molecule has 2 aromatic rings. The number of pyridine rings is 1. The van der Waals surface area contributed by atoms with Gasteiger partial charge in [0.1, 0.15) is 29.6 Å². The second kappa shape index (κ2) is 13.0. The highest BCUT2D eigenvalue weighted by atomic mass is 19.3. The number of halogens is 2. The van der Waals surface area contributed by atoms with Crippen molar-refractivity contribution in [1.82, 2.24) is 25.4 Å². The summed E-state index contributed by atoms with van der Waals surface area (Å²) >= 11 is 0. The molecule has 1 aliphatic heterocycles. The third kappa shape index (κ3) is 8.02. The average molecular weight is 536 g/mol. The lowest BCUT2D eigenvalue weighted by molar-refractivity contribution is -0.159. The van der Waals surface area contributed by atoms with Crippen molar-refractivity contribution in [2.75, 3.05) is 33.4 Å². The zero-order valence-corrected chi connectivity index (χ0v) is 21.3. The van der Waals surface area contributed by atoms with Crippen LogP contribution >= 0.6 is 0 Å². The van der Waals surface area contributed by atoms with Gasteiger partial charge >= 0.3 is 12.1 Å². The van der Waals surface area contributed by atoms with Crippen LogP contribution in [-0.4, -0.2) is 78.1 Å². The number of nitrogens with zero attached hydrogens (tertiary/aromatic N) is 3. The highest BCUT2D eigenvalue weighted by molar-refractivity contribution is 5.80. The van der Waals surface area contributed by atoms with E-state index in [4.69, 9.17) is 14.6 Å². The number of carbonyl (C=O) groups is 2. The second-order valence-electron chi connectivity index (χ2n) is 8.40. The molecule has 3 rings (SSSR count). The third-order valence-electron chi connectivity index (χ3n) is 5.29. The number of alkyl halides is 2. The van der Waals surface area contributed by atoms with Crippen molar-refractivity contribution in [2.24, 2.45) is 0 Å².